The van der Waals surface area contributed by atoms with Gasteiger partial charge in [0.1, 0.15) is 23.0 Å². The molecule has 0 unspecified atom stereocenters. The number of anilines is 1. The van der Waals surface area contributed by atoms with Gasteiger partial charge in [-0.05, 0) is 78.9 Å². The van der Waals surface area contributed by atoms with Crippen LogP contribution >= 0.6 is 0 Å². The molecule has 2 N–H and O–H groups in total. The molecule has 1 saturated carbocycles. The van der Waals surface area contributed by atoms with Crippen molar-refractivity contribution in [3.8, 4) is 11.1 Å². The van der Waals surface area contributed by atoms with Crippen LogP contribution in [-0.4, -0.2) is 28.1 Å². The number of hydrogen-bond acceptors (Lipinski definition) is 5. The molecule has 7 nitrogen and oxygen atoms in total. The minimum Gasteiger partial charge on any atom is -0.460 e. The van der Waals surface area contributed by atoms with Crippen molar-refractivity contribution in [3.63, 3.8) is 0 Å². The first-order chi connectivity index (χ1) is 19.3. The summed E-state index contributed by atoms with van der Waals surface area (Å²) in [5, 5.41) is 7.68. The average Bonchev–Trinajstić information content (AvgIpc) is 3.70. The number of aryl methyl sites for hydroxylation is 1. The maximum atomic E-state index is 16.2. The SMILES string of the molecule is Cc1ccc(C(=O)N(c2ccnnc2)C2CC2)cc1-c1ccc2oc(Cc3ccc(F)cc3)c(C(N)=O)c2c1F. The second kappa shape index (κ2) is 10.00. The van der Waals surface area contributed by atoms with Gasteiger partial charge in [-0.1, -0.05) is 18.2 Å². The molecule has 6 rings (SSSR count). The molecule has 0 aliphatic heterocycles. The molecule has 2 aromatic heterocycles. The van der Waals surface area contributed by atoms with Gasteiger partial charge >= 0.3 is 0 Å². The third-order valence-electron chi connectivity index (χ3n) is 7.14. The minimum atomic E-state index is -0.835. The highest BCUT2D eigenvalue weighted by molar-refractivity contribution is 6.09. The van der Waals surface area contributed by atoms with Crippen LogP contribution in [0.25, 0.3) is 22.1 Å². The molecule has 1 aliphatic carbocycles. The fraction of sp³-hybridized carbons (Fsp3) is 0.161. The third kappa shape index (κ3) is 4.59. The Kier molecular flexibility index (Phi) is 6.34. The predicted molar refractivity (Wildman–Crippen MR) is 146 cm³/mol. The number of benzene rings is 3. The number of rotatable bonds is 7. The lowest BCUT2D eigenvalue weighted by Crippen LogP contribution is -2.33. The van der Waals surface area contributed by atoms with Gasteiger partial charge in [-0.3, -0.25) is 9.59 Å². The van der Waals surface area contributed by atoms with E-state index in [0.717, 1.165) is 18.4 Å². The smallest absolute Gasteiger partial charge is 0.258 e. The molecule has 1 fully saturated rings. The summed E-state index contributed by atoms with van der Waals surface area (Å²) >= 11 is 0. The van der Waals surface area contributed by atoms with Crippen LogP contribution in [-0.2, 0) is 6.42 Å². The van der Waals surface area contributed by atoms with Crippen molar-refractivity contribution in [2.45, 2.75) is 32.2 Å². The largest absolute Gasteiger partial charge is 0.460 e. The molecule has 0 radical (unpaired) electrons. The zero-order valence-corrected chi connectivity index (χ0v) is 21.5. The zero-order chi connectivity index (χ0) is 28.0. The lowest BCUT2D eigenvalue weighted by atomic mass is 9.94. The molecule has 1 aliphatic rings. The molecule has 0 saturated heterocycles. The first-order valence-corrected chi connectivity index (χ1v) is 12.8. The van der Waals surface area contributed by atoms with Gasteiger partial charge in [0.15, 0.2) is 0 Å². The summed E-state index contributed by atoms with van der Waals surface area (Å²) in [6, 6.07) is 15.8. The van der Waals surface area contributed by atoms with Crippen LogP contribution in [0.3, 0.4) is 0 Å². The Bertz CT molecular complexity index is 1760. The van der Waals surface area contributed by atoms with Crippen molar-refractivity contribution in [3.05, 3.63) is 113 Å². The average molecular weight is 539 g/mol. The van der Waals surface area contributed by atoms with Crippen molar-refractivity contribution in [1.29, 1.82) is 0 Å². The monoisotopic (exact) mass is 538 g/mol. The van der Waals surface area contributed by atoms with E-state index in [1.54, 1.807) is 59.6 Å². The number of fused-ring (bicyclic) bond motifs is 1. The Morgan fingerprint density at radius 2 is 1.77 bits per heavy atom. The van der Waals surface area contributed by atoms with Crippen molar-refractivity contribution in [1.82, 2.24) is 10.2 Å². The van der Waals surface area contributed by atoms with Crippen LogP contribution in [0, 0.1) is 18.6 Å². The molecule has 2 heterocycles. The van der Waals surface area contributed by atoms with Crippen LogP contribution < -0.4 is 10.6 Å². The van der Waals surface area contributed by atoms with Crippen LogP contribution in [0.4, 0.5) is 14.5 Å². The van der Waals surface area contributed by atoms with E-state index in [0.29, 0.717) is 22.4 Å². The Hall–Kier alpha value is -4.92. The van der Waals surface area contributed by atoms with E-state index in [-0.39, 0.29) is 46.2 Å². The number of furan rings is 1. The van der Waals surface area contributed by atoms with E-state index >= 15 is 4.39 Å². The van der Waals surface area contributed by atoms with Gasteiger partial charge in [-0.2, -0.15) is 10.2 Å². The number of halogens is 2. The van der Waals surface area contributed by atoms with Gasteiger partial charge < -0.3 is 15.1 Å². The molecule has 9 heteroatoms. The van der Waals surface area contributed by atoms with Crippen molar-refractivity contribution < 1.29 is 22.8 Å². The highest BCUT2D eigenvalue weighted by atomic mass is 19.1. The Labute approximate surface area is 228 Å². The van der Waals surface area contributed by atoms with Gasteiger partial charge in [-0.25, -0.2) is 8.78 Å². The zero-order valence-electron chi connectivity index (χ0n) is 21.5. The summed E-state index contributed by atoms with van der Waals surface area (Å²) in [6.07, 6.45) is 4.98. The number of amides is 2. The Morgan fingerprint density at radius 3 is 2.45 bits per heavy atom. The summed E-state index contributed by atoms with van der Waals surface area (Å²) < 4.78 is 35.5. The second-order valence-electron chi connectivity index (χ2n) is 9.90. The van der Waals surface area contributed by atoms with Gasteiger partial charge in [0, 0.05) is 23.6 Å². The number of carbonyl (C=O) groups is 2. The molecular weight excluding hydrogens is 514 g/mol. The number of nitrogens with two attached hydrogens (primary N) is 1. The topological polar surface area (TPSA) is 102 Å². The van der Waals surface area contributed by atoms with Gasteiger partial charge in [0.2, 0.25) is 0 Å². The number of hydrogen-bond donors (Lipinski definition) is 1. The Morgan fingerprint density at radius 1 is 1.00 bits per heavy atom. The molecule has 5 aromatic rings. The molecule has 2 amide bonds. The molecule has 200 valence electrons. The van der Waals surface area contributed by atoms with E-state index in [2.05, 4.69) is 10.2 Å². The summed E-state index contributed by atoms with van der Waals surface area (Å²) in [5.41, 5.74) is 8.97. The van der Waals surface area contributed by atoms with E-state index in [1.807, 2.05) is 6.92 Å². The fourth-order valence-electron chi connectivity index (χ4n) is 5.02. The lowest BCUT2D eigenvalue weighted by Gasteiger charge is -2.22. The predicted octanol–water partition coefficient (Wildman–Crippen LogP) is 5.98. The molecule has 0 bridgehead atoms. The highest BCUT2D eigenvalue weighted by Crippen LogP contribution is 2.38. The van der Waals surface area contributed by atoms with Crippen molar-refractivity contribution >= 4 is 28.5 Å². The number of aromatic nitrogens is 2. The van der Waals surface area contributed by atoms with E-state index in [1.165, 1.54) is 18.3 Å². The molecule has 0 spiro atoms. The maximum absolute atomic E-state index is 16.2. The third-order valence-corrected chi connectivity index (χ3v) is 7.14. The van der Waals surface area contributed by atoms with E-state index < -0.39 is 17.5 Å². The van der Waals surface area contributed by atoms with Crippen molar-refractivity contribution in [2.24, 2.45) is 5.73 Å². The first-order valence-electron chi connectivity index (χ1n) is 12.8. The summed E-state index contributed by atoms with van der Waals surface area (Å²) in [7, 11) is 0. The summed E-state index contributed by atoms with van der Waals surface area (Å²) in [5.74, 6) is -1.94. The first kappa shape index (κ1) is 25.4. The van der Waals surface area contributed by atoms with Crippen LogP contribution in [0.15, 0.2) is 77.5 Å². The second-order valence-corrected chi connectivity index (χ2v) is 9.90. The van der Waals surface area contributed by atoms with Crippen LogP contribution in [0.1, 0.15) is 50.4 Å². The summed E-state index contributed by atoms with van der Waals surface area (Å²) in [4.78, 5) is 27.9. The van der Waals surface area contributed by atoms with E-state index in [9.17, 15) is 14.0 Å². The molecule has 40 heavy (non-hydrogen) atoms. The Balaban J connectivity index is 1.43. The van der Waals surface area contributed by atoms with Gasteiger partial charge in [0.25, 0.3) is 11.8 Å². The fourth-order valence-corrected chi connectivity index (χ4v) is 5.02. The van der Waals surface area contributed by atoms with Crippen LogP contribution in [0.5, 0.6) is 0 Å². The van der Waals surface area contributed by atoms with Gasteiger partial charge in [-0.15, -0.1) is 0 Å². The normalized spacial score (nSPS) is 13.0. The van der Waals surface area contributed by atoms with E-state index in [4.69, 9.17) is 10.2 Å². The molecule has 0 atom stereocenters. The summed E-state index contributed by atoms with van der Waals surface area (Å²) in [6.45, 7) is 1.82. The quantitative estimate of drug-likeness (QED) is 0.275. The highest BCUT2D eigenvalue weighted by Gasteiger charge is 2.35. The number of carbonyl (C=O) groups excluding carboxylic acids is 2. The van der Waals surface area contributed by atoms with Crippen LogP contribution in [0.2, 0.25) is 0 Å². The number of primary amides is 1. The maximum Gasteiger partial charge on any atom is 0.258 e. The van der Waals surface area contributed by atoms with Crippen molar-refractivity contribution in [2.75, 3.05) is 4.90 Å². The minimum absolute atomic E-state index is 0.0271. The standard InChI is InChI=1S/C31H24F2N4O3/c1-17-2-5-19(31(39)37(21-8-9-21)22-12-13-35-36-16-22)15-24(17)23-10-11-25-27(29(23)33)28(30(34)38)26(40-25)14-18-3-6-20(32)7-4-18/h2-7,10-13,15-16,21H,8-9,14H2,1H3,(H2,34,38). The number of nitrogens with zero attached hydrogens (tertiary/aromatic N) is 3. The van der Waals surface area contributed by atoms with Gasteiger partial charge in [0.05, 0.1) is 29.0 Å². The molecule has 3 aromatic carbocycles. The molecular formula is C31H24F2N4O3. The lowest BCUT2D eigenvalue weighted by molar-refractivity contribution is 0.0981.